The highest BCUT2D eigenvalue weighted by molar-refractivity contribution is 5.94. The molecule has 0 radical (unpaired) electrons. The summed E-state index contributed by atoms with van der Waals surface area (Å²) in [6, 6.07) is 13.7. The molecule has 5 rings (SSSR count). The molecule has 0 atom stereocenters. The SMILES string of the molecule is Cc1c(-c2ccc(-c3ccc(C4CC4)c(F)c3)cc2F)c(F)c(F)c2cc(N)ccc12. The topological polar surface area (TPSA) is 26.0 Å². The van der Waals surface area contributed by atoms with Crippen LogP contribution in [0.4, 0.5) is 23.2 Å². The van der Waals surface area contributed by atoms with Crippen molar-refractivity contribution in [1.29, 1.82) is 0 Å². The Bertz CT molecular complexity index is 1360. The summed E-state index contributed by atoms with van der Waals surface area (Å²) in [5.41, 5.74) is 7.94. The number of rotatable bonds is 3. The van der Waals surface area contributed by atoms with Crippen molar-refractivity contribution in [3.8, 4) is 22.3 Å². The van der Waals surface area contributed by atoms with Gasteiger partial charge in [0.1, 0.15) is 11.6 Å². The fraction of sp³-hybridized carbons (Fsp3) is 0.154. The lowest BCUT2D eigenvalue weighted by atomic mass is 9.92. The van der Waals surface area contributed by atoms with Crippen LogP contribution in [-0.4, -0.2) is 0 Å². The van der Waals surface area contributed by atoms with Gasteiger partial charge < -0.3 is 5.73 Å². The van der Waals surface area contributed by atoms with Crippen molar-refractivity contribution in [2.75, 3.05) is 5.73 Å². The van der Waals surface area contributed by atoms with Gasteiger partial charge in [0.2, 0.25) is 0 Å². The third-order valence-electron chi connectivity index (χ3n) is 6.06. The molecule has 1 fully saturated rings. The van der Waals surface area contributed by atoms with E-state index in [1.54, 1.807) is 37.3 Å². The van der Waals surface area contributed by atoms with Crippen molar-refractivity contribution >= 4 is 16.5 Å². The van der Waals surface area contributed by atoms with E-state index in [0.29, 0.717) is 33.3 Å². The number of nitrogens with two attached hydrogens (primary N) is 1. The Hall–Kier alpha value is -3.34. The number of hydrogen-bond donors (Lipinski definition) is 1. The van der Waals surface area contributed by atoms with Gasteiger partial charge in [-0.1, -0.05) is 30.3 Å². The van der Waals surface area contributed by atoms with Crippen LogP contribution in [0.25, 0.3) is 33.0 Å². The van der Waals surface area contributed by atoms with Crippen LogP contribution in [0.2, 0.25) is 0 Å². The zero-order valence-corrected chi connectivity index (χ0v) is 16.8. The summed E-state index contributed by atoms with van der Waals surface area (Å²) in [4.78, 5) is 0. The molecule has 0 aromatic heterocycles. The molecule has 1 aliphatic rings. The highest BCUT2D eigenvalue weighted by Gasteiger charge is 2.26. The summed E-state index contributed by atoms with van der Waals surface area (Å²) in [6.07, 6.45) is 1.97. The van der Waals surface area contributed by atoms with Crippen molar-refractivity contribution in [3.63, 3.8) is 0 Å². The molecule has 0 saturated heterocycles. The molecule has 0 aliphatic heterocycles. The maximum Gasteiger partial charge on any atom is 0.167 e. The molecule has 0 heterocycles. The Morgan fingerprint density at radius 1 is 0.742 bits per heavy atom. The van der Waals surface area contributed by atoms with E-state index in [9.17, 15) is 13.2 Å². The van der Waals surface area contributed by atoms with Gasteiger partial charge in [-0.05, 0) is 77.6 Å². The first-order valence-corrected chi connectivity index (χ1v) is 10.1. The molecule has 4 aromatic rings. The summed E-state index contributed by atoms with van der Waals surface area (Å²) >= 11 is 0. The molecule has 0 amide bonds. The molecule has 5 heteroatoms. The Morgan fingerprint density at radius 2 is 1.42 bits per heavy atom. The number of halogens is 4. The maximum absolute atomic E-state index is 15.1. The Labute approximate surface area is 177 Å². The lowest BCUT2D eigenvalue weighted by Gasteiger charge is -2.15. The summed E-state index contributed by atoms with van der Waals surface area (Å²) < 4.78 is 59.2. The monoisotopic (exact) mass is 421 g/mol. The summed E-state index contributed by atoms with van der Waals surface area (Å²) in [5.74, 6) is -2.92. The van der Waals surface area contributed by atoms with E-state index in [-0.39, 0.29) is 28.2 Å². The predicted octanol–water partition coefficient (Wildman–Crippen LogP) is 7.50. The Kier molecular flexibility index (Phi) is 4.50. The second-order valence-corrected chi connectivity index (χ2v) is 8.14. The van der Waals surface area contributed by atoms with E-state index in [2.05, 4.69) is 0 Å². The first kappa shape index (κ1) is 19.6. The minimum Gasteiger partial charge on any atom is -0.399 e. The molecule has 1 nitrogen and oxygen atoms in total. The average Bonchev–Trinajstić information content (AvgIpc) is 3.58. The van der Waals surface area contributed by atoms with Gasteiger partial charge >= 0.3 is 0 Å². The number of nitrogen functional groups attached to an aromatic ring is 1. The van der Waals surface area contributed by atoms with Crippen LogP contribution in [0, 0.1) is 30.2 Å². The fourth-order valence-corrected chi connectivity index (χ4v) is 4.25. The molecule has 4 aromatic carbocycles. The van der Waals surface area contributed by atoms with Crippen LogP contribution in [0.15, 0.2) is 54.6 Å². The minimum atomic E-state index is -1.12. The number of hydrogen-bond acceptors (Lipinski definition) is 1. The second kappa shape index (κ2) is 7.12. The number of benzene rings is 4. The van der Waals surface area contributed by atoms with E-state index in [1.807, 2.05) is 0 Å². The zero-order valence-electron chi connectivity index (χ0n) is 16.8. The molecule has 1 aliphatic carbocycles. The number of anilines is 1. The quantitative estimate of drug-likeness (QED) is 0.269. The second-order valence-electron chi connectivity index (χ2n) is 8.14. The van der Waals surface area contributed by atoms with Crippen molar-refractivity contribution in [2.24, 2.45) is 0 Å². The number of fused-ring (bicyclic) bond motifs is 1. The van der Waals surface area contributed by atoms with Gasteiger partial charge in [0, 0.05) is 22.2 Å². The van der Waals surface area contributed by atoms with Crippen molar-refractivity contribution in [3.05, 3.63) is 89.0 Å². The van der Waals surface area contributed by atoms with Gasteiger partial charge in [0.25, 0.3) is 0 Å². The lowest BCUT2D eigenvalue weighted by Crippen LogP contribution is -1.99. The summed E-state index contributed by atoms with van der Waals surface area (Å²) in [7, 11) is 0. The van der Waals surface area contributed by atoms with Crippen LogP contribution in [0.5, 0.6) is 0 Å². The fourth-order valence-electron chi connectivity index (χ4n) is 4.25. The predicted molar refractivity (Wildman–Crippen MR) is 116 cm³/mol. The van der Waals surface area contributed by atoms with Gasteiger partial charge in [0.15, 0.2) is 11.6 Å². The normalized spacial score (nSPS) is 13.7. The molecule has 1 saturated carbocycles. The average molecular weight is 421 g/mol. The third kappa shape index (κ3) is 3.25. The van der Waals surface area contributed by atoms with Gasteiger partial charge in [-0.2, -0.15) is 0 Å². The van der Waals surface area contributed by atoms with E-state index < -0.39 is 17.5 Å². The van der Waals surface area contributed by atoms with Crippen molar-refractivity contribution in [2.45, 2.75) is 25.7 Å². The van der Waals surface area contributed by atoms with Crippen LogP contribution in [0.3, 0.4) is 0 Å². The minimum absolute atomic E-state index is 0.0496. The van der Waals surface area contributed by atoms with Gasteiger partial charge in [-0.25, -0.2) is 17.6 Å². The molecule has 31 heavy (non-hydrogen) atoms. The third-order valence-corrected chi connectivity index (χ3v) is 6.06. The first-order valence-electron chi connectivity index (χ1n) is 10.1. The molecule has 0 unspecified atom stereocenters. The Balaban J connectivity index is 1.62. The molecule has 2 N–H and O–H groups in total. The zero-order chi connectivity index (χ0) is 21.9. The van der Waals surface area contributed by atoms with Crippen molar-refractivity contribution < 1.29 is 17.6 Å². The smallest absolute Gasteiger partial charge is 0.167 e. The summed E-state index contributed by atoms with van der Waals surface area (Å²) in [6.45, 7) is 1.62. The number of aryl methyl sites for hydroxylation is 1. The molecule has 0 bridgehead atoms. The van der Waals surface area contributed by atoms with Gasteiger partial charge in [-0.15, -0.1) is 0 Å². The van der Waals surface area contributed by atoms with E-state index >= 15 is 4.39 Å². The standard InChI is InChI=1S/C26H19F4N/c1-13-18-9-6-17(31)12-21(18)25(29)26(30)24(13)20-8-5-16(11-23(20)28)15-4-7-19(14-2-3-14)22(27)10-15/h4-12,14H,2-3,31H2,1H3. The first-order chi connectivity index (χ1) is 14.8. The van der Waals surface area contributed by atoms with E-state index in [4.69, 9.17) is 5.73 Å². The van der Waals surface area contributed by atoms with E-state index in [0.717, 1.165) is 12.8 Å². The lowest BCUT2D eigenvalue weighted by molar-refractivity contribution is 0.518. The largest absolute Gasteiger partial charge is 0.399 e. The van der Waals surface area contributed by atoms with Crippen LogP contribution in [0.1, 0.15) is 29.9 Å². The highest BCUT2D eigenvalue weighted by Crippen LogP contribution is 2.42. The maximum atomic E-state index is 15.1. The molecular formula is C26H19F4N. The van der Waals surface area contributed by atoms with Crippen molar-refractivity contribution in [1.82, 2.24) is 0 Å². The highest BCUT2D eigenvalue weighted by atomic mass is 19.2. The molecule has 156 valence electrons. The van der Waals surface area contributed by atoms with Gasteiger partial charge in [-0.3, -0.25) is 0 Å². The van der Waals surface area contributed by atoms with Crippen LogP contribution < -0.4 is 5.73 Å². The molecule has 0 spiro atoms. The van der Waals surface area contributed by atoms with Crippen LogP contribution >= 0.6 is 0 Å². The van der Waals surface area contributed by atoms with E-state index in [1.165, 1.54) is 24.3 Å². The van der Waals surface area contributed by atoms with Gasteiger partial charge in [0.05, 0.1) is 0 Å². The Morgan fingerprint density at radius 3 is 2.06 bits per heavy atom. The molecular weight excluding hydrogens is 402 g/mol. The van der Waals surface area contributed by atoms with Crippen LogP contribution in [-0.2, 0) is 0 Å². The summed E-state index contributed by atoms with van der Waals surface area (Å²) in [5, 5.41) is 0.520.